The second-order valence-electron chi connectivity index (χ2n) is 8.05. The Labute approximate surface area is 199 Å². The fourth-order valence-electron chi connectivity index (χ4n) is 4.03. The summed E-state index contributed by atoms with van der Waals surface area (Å²) in [6, 6.07) is 19.2. The van der Waals surface area contributed by atoms with Crippen LogP contribution in [0, 0.1) is 5.82 Å². The van der Waals surface area contributed by atoms with E-state index in [4.69, 9.17) is 0 Å². The average molecular weight is 491 g/mol. The molecule has 0 saturated carbocycles. The van der Waals surface area contributed by atoms with Crippen molar-refractivity contribution in [2.45, 2.75) is 17.9 Å². The highest BCUT2D eigenvalue weighted by molar-refractivity contribution is 7.91. The molecule has 35 heavy (non-hydrogen) atoms. The summed E-state index contributed by atoms with van der Waals surface area (Å²) in [6.45, 7) is 0.170. The predicted molar refractivity (Wildman–Crippen MR) is 129 cm³/mol. The van der Waals surface area contributed by atoms with E-state index >= 15 is 0 Å². The molecule has 176 valence electrons. The second kappa shape index (κ2) is 8.88. The summed E-state index contributed by atoms with van der Waals surface area (Å²) in [6.07, 6.45) is 0.0146. The second-order valence-corrected chi connectivity index (χ2v) is 10.1. The number of carbonyl (C=O) groups is 1. The molecule has 0 spiro atoms. The number of halogens is 1. The Morgan fingerprint density at radius 2 is 1.74 bits per heavy atom. The Morgan fingerprint density at radius 3 is 2.51 bits per heavy atom. The van der Waals surface area contributed by atoms with Gasteiger partial charge >= 0.3 is 0 Å². The number of aromatic nitrogens is 2. The average Bonchev–Trinajstić information content (AvgIpc) is 2.85. The quantitative estimate of drug-likeness (QED) is 0.349. The van der Waals surface area contributed by atoms with Crippen LogP contribution in [0.2, 0.25) is 0 Å². The lowest BCUT2D eigenvalue weighted by Crippen LogP contribution is -2.30. The fraction of sp³-hybridized carbons (Fsp3) is 0.120. The van der Waals surface area contributed by atoms with Crippen LogP contribution in [0.15, 0.2) is 87.6 Å². The van der Waals surface area contributed by atoms with Gasteiger partial charge in [0.2, 0.25) is 0 Å². The maximum absolute atomic E-state index is 13.8. The van der Waals surface area contributed by atoms with E-state index in [0.717, 1.165) is 17.7 Å². The molecule has 0 fully saturated rings. The molecule has 0 saturated heterocycles. The Kier molecular flexibility index (Phi) is 5.73. The van der Waals surface area contributed by atoms with Gasteiger partial charge < -0.3 is 0 Å². The number of amides is 1. The highest BCUT2D eigenvalue weighted by Crippen LogP contribution is 2.26. The number of fused-ring (bicyclic) bond motifs is 2. The maximum Gasteiger partial charge on any atom is 0.292 e. The number of hydrazone groups is 1. The van der Waals surface area contributed by atoms with Gasteiger partial charge in [0.25, 0.3) is 11.5 Å². The van der Waals surface area contributed by atoms with Crippen LogP contribution in [-0.4, -0.2) is 35.6 Å². The summed E-state index contributed by atoms with van der Waals surface area (Å²) in [4.78, 5) is 26.1. The van der Waals surface area contributed by atoms with E-state index in [1.165, 1.54) is 10.7 Å². The third-order valence-electron chi connectivity index (χ3n) is 5.75. The summed E-state index contributed by atoms with van der Waals surface area (Å²) in [5, 5.41) is 9.10. The molecule has 0 aliphatic carbocycles. The van der Waals surface area contributed by atoms with Gasteiger partial charge in [0.15, 0.2) is 15.5 Å². The van der Waals surface area contributed by atoms with Crippen LogP contribution in [0.4, 0.5) is 4.39 Å². The fourth-order valence-corrected chi connectivity index (χ4v) is 5.50. The first-order chi connectivity index (χ1) is 16.8. The molecule has 4 aromatic rings. The first-order valence-corrected chi connectivity index (χ1v) is 12.4. The van der Waals surface area contributed by atoms with Crippen LogP contribution < -0.4 is 11.0 Å². The van der Waals surface area contributed by atoms with Gasteiger partial charge in [-0.05, 0) is 29.8 Å². The van der Waals surface area contributed by atoms with Crippen LogP contribution in [0.3, 0.4) is 0 Å². The van der Waals surface area contributed by atoms with Gasteiger partial charge in [-0.25, -0.2) is 22.9 Å². The van der Waals surface area contributed by atoms with Crippen LogP contribution in [0.5, 0.6) is 0 Å². The normalized spacial score (nSPS) is 15.6. The lowest BCUT2D eigenvalue weighted by molar-refractivity contribution is 0.0949. The van der Waals surface area contributed by atoms with Crippen molar-refractivity contribution >= 4 is 32.2 Å². The minimum atomic E-state index is -3.56. The highest BCUT2D eigenvalue weighted by atomic mass is 32.2. The summed E-state index contributed by atoms with van der Waals surface area (Å²) >= 11 is 0. The van der Waals surface area contributed by atoms with Crippen molar-refractivity contribution in [3.63, 3.8) is 0 Å². The van der Waals surface area contributed by atoms with Gasteiger partial charge in [-0.2, -0.15) is 10.2 Å². The van der Waals surface area contributed by atoms with E-state index < -0.39 is 21.6 Å². The Bertz CT molecular complexity index is 1660. The van der Waals surface area contributed by atoms with Crippen molar-refractivity contribution in [3.8, 4) is 0 Å². The molecule has 8 nitrogen and oxygen atoms in total. The van der Waals surface area contributed by atoms with Gasteiger partial charge in [-0.15, -0.1) is 0 Å². The van der Waals surface area contributed by atoms with E-state index in [0.29, 0.717) is 10.8 Å². The van der Waals surface area contributed by atoms with Crippen LogP contribution in [0.25, 0.3) is 10.8 Å². The molecule has 2 heterocycles. The molecule has 0 bridgehead atoms. The van der Waals surface area contributed by atoms with E-state index in [1.54, 1.807) is 24.3 Å². The van der Waals surface area contributed by atoms with Gasteiger partial charge in [0.1, 0.15) is 5.82 Å². The molecule has 1 aliphatic heterocycles. The van der Waals surface area contributed by atoms with E-state index in [2.05, 4.69) is 15.6 Å². The third kappa shape index (κ3) is 4.35. The smallest absolute Gasteiger partial charge is 0.267 e. The molecule has 0 radical (unpaired) electrons. The van der Waals surface area contributed by atoms with Crippen molar-refractivity contribution in [2.24, 2.45) is 5.10 Å². The molecular formula is C25H19FN4O4S. The standard InChI is InChI=1S/C25H19FN4O4S/c26-17-10-11-22-20(14-17)21(12-13-35(22,33)34)27-28-24(31)23-18-8-4-5-9-19(18)25(32)30(29-23)15-16-6-2-1-3-7-16/h1-11,14H,12-13,15H2,(H,28,31)/b27-21-. The highest BCUT2D eigenvalue weighted by Gasteiger charge is 2.28. The number of carbonyl (C=O) groups excluding carboxylic acids is 1. The zero-order valence-electron chi connectivity index (χ0n) is 18.3. The zero-order valence-corrected chi connectivity index (χ0v) is 19.1. The Morgan fingerprint density at radius 1 is 1.03 bits per heavy atom. The largest absolute Gasteiger partial charge is 0.292 e. The SMILES string of the molecule is O=C(N/N=C1/CCS(=O)(=O)c2ccc(F)cc21)c1nn(Cc2ccccc2)c(=O)c2ccccc12. The van der Waals surface area contributed by atoms with Gasteiger partial charge in [-0.1, -0.05) is 48.5 Å². The van der Waals surface area contributed by atoms with Gasteiger partial charge in [0.05, 0.1) is 28.3 Å². The van der Waals surface area contributed by atoms with E-state index in [-0.39, 0.29) is 46.1 Å². The number of benzene rings is 3. The summed E-state index contributed by atoms with van der Waals surface area (Å²) in [5.74, 6) is -1.49. The molecule has 1 amide bonds. The van der Waals surface area contributed by atoms with Gasteiger partial charge in [0, 0.05) is 17.4 Å². The van der Waals surface area contributed by atoms with Crippen LogP contribution >= 0.6 is 0 Å². The minimum Gasteiger partial charge on any atom is -0.267 e. The van der Waals surface area contributed by atoms with Gasteiger partial charge in [-0.3, -0.25) is 9.59 Å². The lowest BCUT2D eigenvalue weighted by atomic mass is 10.1. The molecule has 10 heteroatoms. The topological polar surface area (TPSA) is 110 Å². The Balaban J connectivity index is 1.53. The first kappa shape index (κ1) is 22.6. The monoisotopic (exact) mass is 490 g/mol. The molecule has 0 atom stereocenters. The van der Waals surface area contributed by atoms with Crippen molar-refractivity contribution in [1.82, 2.24) is 15.2 Å². The van der Waals surface area contributed by atoms with Crippen LogP contribution in [-0.2, 0) is 16.4 Å². The summed E-state index contributed by atoms with van der Waals surface area (Å²) in [5.41, 5.74) is 3.26. The number of nitrogens with one attached hydrogen (secondary N) is 1. The van der Waals surface area contributed by atoms with Crippen molar-refractivity contribution < 1.29 is 17.6 Å². The summed E-state index contributed by atoms with van der Waals surface area (Å²) < 4.78 is 39.8. The van der Waals surface area contributed by atoms with Crippen LogP contribution in [0.1, 0.15) is 28.0 Å². The molecule has 0 unspecified atom stereocenters. The molecule has 5 rings (SSSR count). The van der Waals surface area contributed by atoms with Crippen molar-refractivity contribution in [2.75, 3.05) is 5.75 Å². The molecular weight excluding hydrogens is 471 g/mol. The van der Waals surface area contributed by atoms with E-state index in [1.807, 2.05) is 30.3 Å². The Hall–Kier alpha value is -4.18. The number of hydrogen-bond donors (Lipinski definition) is 1. The molecule has 1 N–H and O–H groups in total. The number of rotatable bonds is 4. The summed E-state index contributed by atoms with van der Waals surface area (Å²) in [7, 11) is -3.56. The predicted octanol–water partition coefficient (Wildman–Crippen LogP) is 2.90. The number of hydrogen-bond acceptors (Lipinski definition) is 6. The minimum absolute atomic E-state index is 0.0108. The van der Waals surface area contributed by atoms with Crippen molar-refractivity contribution in [1.29, 1.82) is 0 Å². The van der Waals surface area contributed by atoms with Crippen molar-refractivity contribution in [3.05, 3.63) is 106 Å². The molecule has 3 aromatic carbocycles. The molecule has 1 aromatic heterocycles. The number of sulfone groups is 1. The third-order valence-corrected chi connectivity index (χ3v) is 7.51. The maximum atomic E-state index is 13.8. The number of nitrogens with zero attached hydrogens (tertiary/aromatic N) is 3. The first-order valence-electron chi connectivity index (χ1n) is 10.8. The lowest BCUT2D eigenvalue weighted by Gasteiger charge is -2.18. The zero-order chi connectivity index (χ0) is 24.6. The van der Waals surface area contributed by atoms with E-state index in [9.17, 15) is 22.4 Å². The molecule has 1 aliphatic rings.